The van der Waals surface area contributed by atoms with E-state index in [2.05, 4.69) is 22.0 Å². The van der Waals surface area contributed by atoms with Gasteiger partial charge in [-0.15, -0.1) is 6.58 Å². The highest BCUT2D eigenvalue weighted by Gasteiger charge is 2.19. The number of hydrogen-bond acceptors (Lipinski definition) is 4. The monoisotopic (exact) mass is 464 g/mol. The van der Waals surface area contributed by atoms with Gasteiger partial charge in [-0.1, -0.05) is 35.9 Å². The van der Waals surface area contributed by atoms with Crippen LogP contribution in [-0.4, -0.2) is 23.4 Å². The molecular weight excluding hydrogens is 436 g/mol. The number of rotatable bonds is 6. The first-order valence-electron chi connectivity index (χ1n) is 10.5. The van der Waals surface area contributed by atoms with Crippen LogP contribution in [0.4, 0.5) is 0 Å². The van der Waals surface area contributed by atoms with Crippen molar-refractivity contribution >= 4 is 46.5 Å². The fourth-order valence-electron chi connectivity index (χ4n) is 3.39. The Kier molecular flexibility index (Phi) is 9.18. The standard InChI is InChI=1S/C23H23ClN4O2.C3H6/c1-4-13(2)22-19(11-26-25)21-17(12-29)9-16(10-20(21)28-22)23(30)27-14(3)15-5-7-18(24)8-6-15;1-3-2/h4-12,14,28H,25H2,1-3H3,(H,27,30);3H,1H2,2H3/b13-4+,26-11-;. The van der Waals surface area contributed by atoms with E-state index in [-0.39, 0.29) is 11.9 Å². The van der Waals surface area contributed by atoms with Crippen LogP contribution in [0.3, 0.4) is 0 Å². The Morgan fingerprint density at radius 1 is 1.24 bits per heavy atom. The van der Waals surface area contributed by atoms with Crippen LogP contribution < -0.4 is 11.2 Å². The van der Waals surface area contributed by atoms with Crippen LogP contribution >= 0.6 is 11.6 Å². The van der Waals surface area contributed by atoms with E-state index in [1.165, 1.54) is 6.21 Å². The third-order valence-electron chi connectivity index (χ3n) is 5.10. The van der Waals surface area contributed by atoms with Crippen LogP contribution in [0.2, 0.25) is 5.02 Å². The Balaban J connectivity index is 0.00000122. The molecule has 0 spiro atoms. The Hall–Kier alpha value is -3.64. The number of hydrazone groups is 1. The highest BCUT2D eigenvalue weighted by molar-refractivity contribution is 6.30. The second-order valence-corrected chi connectivity index (χ2v) is 7.86. The van der Waals surface area contributed by atoms with Crippen molar-refractivity contribution in [3.05, 3.63) is 88.1 Å². The SMILES string of the molecule is C/C=C(\C)c1[nH]c2cc(C(=O)NC(C)c3ccc(Cl)cc3)cc(C=O)c2c1/C=N\N.C=CC. The van der Waals surface area contributed by atoms with E-state index in [9.17, 15) is 9.59 Å². The number of fused-ring (bicyclic) bond motifs is 1. The second-order valence-electron chi connectivity index (χ2n) is 7.42. The maximum absolute atomic E-state index is 12.9. The van der Waals surface area contributed by atoms with Crippen LogP contribution in [0.25, 0.3) is 16.5 Å². The molecular formula is C26H29ClN4O2. The molecule has 0 bridgehead atoms. The van der Waals surface area contributed by atoms with Gasteiger partial charge in [-0.2, -0.15) is 5.10 Å². The van der Waals surface area contributed by atoms with Crippen LogP contribution in [-0.2, 0) is 0 Å². The smallest absolute Gasteiger partial charge is 0.251 e. The molecule has 1 atom stereocenters. The summed E-state index contributed by atoms with van der Waals surface area (Å²) in [5.41, 5.74) is 4.85. The Labute approximate surface area is 199 Å². The van der Waals surface area contributed by atoms with Crippen molar-refractivity contribution in [2.75, 3.05) is 0 Å². The second kappa shape index (κ2) is 11.8. The Bertz CT molecular complexity index is 1210. The molecule has 0 aliphatic heterocycles. The molecule has 1 unspecified atom stereocenters. The van der Waals surface area contributed by atoms with Crippen molar-refractivity contribution in [3.8, 4) is 0 Å². The highest BCUT2D eigenvalue weighted by Crippen LogP contribution is 2.30. The van der Waals surface area contributed by atoms with Gasteiger partial charge in [0.25, 0.3) is 5.91 Å². The third-order valence-corrected chi connectivity index (χ3v) is 5.36. The first-order chi connectivity index (χ1) is 15.8. The number of carbonyl (C=O) groups excluding carboxylic acids is 2. The number of hydrogen-bond donors (Lipinski definition) is 3. The minimum atomic E-state index is -0.282. The largest absolute Gasteiger partial charge is 0.354 e. The number of nitrogens with one attached hydrogen (secondary N) is 2. The van der Waals surface area contributed by atoms with Crippen LogP contribution in [0.15, 0.2) is 60.2 Å². The predicted octanol–water partition coefficient (Wildman–Crippen LogP) is 6.03. The Morgan fingerprint density at radius 3 is 2.42 bits per heavy atom. The molecule has 7 heteroatoms. The minimum Gasteiger partial charge on any atom is -0.354 e. The lowest BCUT2D eigenvalue weighted by molar-refractivity contribution is 0.0940. The molecule has 1 amide bonds. The van der Waals surface area contributed by atoms with E-state index >= 15 is 0 Å². The molecule has 172 valence electrons. The number of benzene rings is 2. The van der Waals surface area contributed by atoms with Gasteiger partial charge in [0.1, 0.15) is 0 Å². The first kappa shape index (κ1) is 25.6. The predicted molar refractivity (Wildman–Crippen MR) is 138 cm³/mol. The van der Waals surface area contributed by atoms with Gasteiger partial charge in [-0.25, -0.2) is 0 Å². The summed E-state index contributed by atoms with van der Waals surface area (Å²) in [6, 6.07) is 10.4. The lowest BCUT2D eigenvalue weighted by atomic mass is 10.0. The zero-order chi connectivity index (χ0) is 24.5. The number of amides is 1. The summed E-state index contributed by atoms with van der Waals surface area (Å²) in [5.74, 6) is 5.10. The summed E-state index contributed by atoms with van der Waals surface area (Å²) in [6.07, 6.45) is 5.94. The molecule has 6 nitrogen and oxygen atoms in total. The average Bonchev–Trinajstić information content (AvgIpc) is 3.17. The van der Waals surface area contributed by atoms with Crippen LogP contribution in [0, 0.1) is 0 Å². The van der Waals surface area contributed by atoms with Crippen LogP contribution in [0.5, 0.6) is 0 Å². The van der Waals surface area contributed by atoms with Crippen molar-refractivity contribution in [2.45, 2.75) is 33.7 Å². The van der Waals surface area contributed by atoms with E-state index in [0.717, 1.165) is 23.1 Å². The number of aldehydes is 1. The number of nitrogens with zero attached hydrogens (tertiary/aromatic N) is 1. The van der Waals surface area contributed by atoms with E-state index in [4.69, 9.17) is 17.4 Å². The fraction of sp³-hybridized carbons (Fsp3) is 0.192. The normalized spacial score (nSPS) is 12.2. The number of carbonyl (C=O) groups is 2. The number of aromatic amines is 1. The van der Waals surface area contributed by atoms with Crippen molar-refractivity contribution in [1.29, 1.82) is 0 Å². The number of allylic oxidation sites excluding steroid dienone is 3. The number of nitrogens with two attached hydrogens (primary N) is 1. The van der Waals surface area contributed by atoms with Gasteiger partial charge in [-0.05, 0) is 63.1 Å². The summed E-state index contributed by atoms with van der Waals surface area (Å²) < 4.78 is 0. The van der Waals surface area contributed by atoms with Gasteiger partial charge in [0.05, 0.1) is 18.0 Å². The molecule has 2 aromatic carbocycles. The number of halogens is 1. The minimum absolute atomic E-state index is 0.227. The van der Waals surface area contributed by atoms with Gasteiger partial charge in [0.15, 0.2) is 6.29 Å². The maximum Gasteiger partial charge on any atom is 0.251 e. The molecule has 3 rings (SSSR count). The molecule has 0 fully saturated rings. The van der Waals surface area contributed by atoms with Crippen molar-refractivity contribution < 1.29 is 9.59 Å². The van der Waals surface area contributed by atoms with E-state index < -0.39 is 0 Å². The first-order valence-corrected chi connectivity index (χ1v) is 10.8. The van der Waals surface area contributed by atoms with Gasteiger partial charge in [0.2, 0.25) is 0 Å². The maximum atomic E-state index is 12.9. The van der Waals surface area contributed by atoms with Gasteiger partial charge in [-0.3, -0.25) is 9.59 Å². The molecule has 0 aliphatic rings. The molecule has 33 heavy (non-hydrogen) atoms. The summed E-state index contributed by atoms with van der Waals surface area (Å²) in [4.78, 5) is 28.0. The molecule has 0 radical (unpaired) electrons. The summed E-state index contributed by atoms with van der Waals surface area (Å²) in [5, 5.41) is 7.91. The van der Waals surface area contributed by atoms with E-state index in [0.29, 0.717) is 32.6 Å². The van der Waals surface area contributed by atoms with Crippen molar-refractivity contribution in [1.82, 2.24) is 10.3 Å². The number of H-pyrrole nitrogens is 1. The summed E-state index contributed by atoms with van der Waals surface area (Å²) in [7, 11) is 0. The molecule has 3 aromatic rings. The molecule has 0 aliphatic carbocycles. The Morgan fingerprint density at radius 2 is 1.88 bits per heavy atom. The molecule has 0 saturated heterocycles. The third kappa shape index (κ3) is 5.99. The number of aromatic nitrogens is 1. The molecule has 4 N–H and O–H groups in total. The zero-order valence-electron chi connectivity index (χ0n) is 19.3. The van der Waals surface area contributed by atoms with E-state index in [1.54, 1.807) is 30.3 Å². The van der Waals surface area contributed by atoms with Crippen molar-refractivity contribution in [3.63, 3.8) is 0 Å². The van der Waals surface area contributed by atoms with E-state index in [1.807, 2.05) is 45.9 Å². The zero-order valence-corrected chi connectivity index (χ0v) is 20.0. The molecule has 1 aromatic heterocycles. The van der Waals surface area contributed by atoms with Crippen molar-refractivity contribution in [2.24, 2.45) is 10.9 Å². The van der Waals surface area contributed by atoms with Crippen LogP contribution in [0.1, 0.15) is 71.3 Å². The van der Waals surface area contributed by atoms with Gasteiger partial charge >= 0.3 is 0 Å². The lowest BCUT2D eigenvalue weighted by Gasteiger charge is -2.15. The average molecular weight is 465 g/mol. The summed E-state index contributed by atoms with van der Waals surface area (Å²) >= 11 is 5.93. The quantitative estimate of drug-likeness (QED) is 0.136. The van der Waals surface area contributed by atoms with Gasteiger partial charge in [0, 0.05) is 32.6 Å². The molecule has 1 heterocycles. The summed E-state index contributed by atoms with van der Waals surface area (Å²) in [6.45, 7) is 11.0. The highest BCUT2D eigenvalue weighted by atomic mass is 35.5. The fourth-order valence-corrected chi connectivity index (χ4v) is 3.51. The van der Waals surface area contributed by atoms with Gasteiger partial charge < -0.3 is 16.1 Å². The lowest BCUT2D eigenvalue weighted by Crippen LogP contribution is -2.26. The molecule has 0 saturated carbocycles. The topological polar surface area (TPSA) is 100 Å².